The molecule has 2 rings (SSSR count). The minimum absolute atomic E-state index is 0.00854. The lowest BCUT2D eigenvalue weighted by atomic mass is 10.00. The number of amides is 1. The number of hydrogen-bond acceptors (Lipinski definition) is 4. The molecule has 0 unspecified atom stereocenters. The Balaban J connectivity index is 2.16. The van der Waals surface area contributed by atoms with Crippen molar-refractivity contribution >= 4 is 17.3 Å². The zero-order valence-electron chi connectivity index (χ0n) is 10.8. The van der Waals surface area contributed by atoms with Crippen molar-refractivity contribution in [2.75, 3.05) is 5.73 Å². The molecule has 0 spiro atoms. The van der Waals surface area contributed by atoms with Crippen LogP contribution in [-0.4, -0.2) is 16.4 Å². The van der Waals surface area contributed by atoms with Crippen molar-refractivity contribution in [1.82, 2.24) is 5.32 Å². The number of rotatable bonds is 3. The maximum atomic E-state index is 12.1. The van der Waals surface area contributed by atoms with Gasteiger partial charge in [-0.3, -0.25) is 14.9 Å². The van der Waals surface area contributed by atoms with Crippen LogP contribution in [-0.2, 0) is 0 Å². The van der Waals surface area contributed by atoms with Gasteiger partial charge < -0.3 is 11.1 Å². The summed E-state index contributed by atoms with van der Waals surface area (Å²) >= 11 is 0. The standard InChI is InChI=1S/C13H17N3O3/c1-13(6-2-3-7-13)15-12(17)9-4-5-11(16(18)19)10(14)8-9/h4-5,8H,2-3,6-7,14H2,1H3,(H,15,17). The fourth-order valence-electron chi connectivity index (χ4n) is 2.49. The minimum atomic E-state index is -0.560. The molecule has 0 heterocycles. The number of nitrogen functional groups attached to an aromatic ring is 1. The molecule has 1 fully saturated rings. The van der Waals surface area contributed by atoms with Gasteiger partial charge in [0.05, 0.1) is 4.92 Å². The zero-order valence-corrected chi connectivity index (χ0v) is 10.8. The van der Waals surface area contributed by atoms with Crippen LogP contribution in [0, 0.1) is 10.1 Å². The van der Waals surface area contributed by atoms with Crippen molar-refractivity contribution < 1.29 is 9.72 Å². The van der Waals surface area contributed by atoms with Crippen LogP contribution < -0.4 is 11.1 Å². The van der Waals surface area contributed by atoms with Gasteiger partial charge in [0, 0.05) is 17.2 Å². The smallest absolute Gasteiger partial charge is 0.292 e. The predicted octanol–water partition coefficient (Wildman–Crippen LogP) is 2.24. The fraction of sp³-hybridized carbons (Fsp3) is 0.462. The number of nitrogens with two attached hydrogens (primary N) is 1. The Labute approximate surface area is 111 Å². The first kappa shape index (κ1) is 13.3. The molecule has 19 heavy (non-hydrogen) atoms. The number of benzene rings is 1. The van der Waals surface area contributed by atoms with Gasteiger partial charge in [0.25, 0.3) is 11.6 Å². The Bertz CT molecular complexity index is 522. The third-order valence-corrected chi connectivity index (χ3v) is 3.61. The summed E-state index contributed by atoms with van der Waals surface area (Å²) in [4.78, 5) is 22.2. The van der Waals surface area contributed by atoms with Crippen LogP contribution in [0.1, 0.15) is 43.0 Å². The Morgan fingerprint density at radius 3 is 2.58 bits per heavy atom. The van der Waals surface area contributed by atoms with E-state index in [0.29, 0.717) is 5.56 Å². The van der Waals surface area contributed by atoms with Crippen molar-refractivity contribution in [2.45, 2.75) is 38.1 Å². The Hall–Kier alpha value is -2.11. The van der Waals surface area contributed by atoms with Crippen LogP contribution in [0.3, 0.4) is 0 Å². The summed E-state index contributed by atoms with van der Waals surface area (Å²) in [6.45, 7) is 2.02. The first-order chi connectivity index (χ1) is 8.91. The topological polar surface area (TPSA) is 98.3 Å². The van der Waals surface area contributed by atoms with Crippen LogP contribution >= 0.6 is 0 Å². The van der Waals surface area contributed by atoms with Gasteiger partial charge in [-0.2, -0.15) is 0 Å². The third-order valence-electron chi connectivity index (χ3n) is 3.61. The lowest BCUT2D eigenvalue weighted by molar-refractivity contribution is -0.383. The average molecular weight is 263 g/mol. The highest BCUT2D eigenvalue weighted by molar-refractivity contribution is 5.96. The molecule has 1 aliphatic carbocycles. The summed E-state index contributed by atoms with van der Waals surface area (Å²) < 4.78 is 0. The van der Waals surface area contributed by atoms with E-state index in [1.165, 1.54) is 18.2 Å². The van der Waals surface area contributed by atoms with E-state index in [0.717, 1.165) is 25.7 Å². The molecule has 0 radical (unpaired) electrons. The van der Waals surface area contributed by atoms with Gasteiger partial charge in [0.15, 0.2) is 0 Å². The summed E-state index contributed by atoms with van der Waals surface area (Å²) in [6.07, 6.45) is 4.14. The van der Waals surface area contributed by atoms with E-state index in [4.69, 9.17) is 5.73 Å². The molecule has 1 aromatic rings. The second kappa shape index (κ2) is 4.87. The number of anilines is 1. The maximum absolute atomic E-state index is 12.1. The number of carbonyl (C=O) groups excluding carboxylic acids is 1. The first-order valence-electron chi connectivity index (χ1n) is 6.28. The van der Waals surface area contributed by atoms with Gasteiger partial charge in [-0.05, 0) is 31.9 Å². The molecule has 102 valence electrons. The van der Waals surface area contributed by atoms with Crippen molar-refractivity contribution in [2.24, 2.45) is 0 Å². The van der Waals surface area contributed by atoms with Gasteiger partial charge in [-0.15, -0.1) is 0 Å². The Morgan fingerprint density at radius 2 is 2.05 bits per heavy atom. The largest absolute Gasteiger partial charge is 0.393 e. The van der Waals surface area contributed by atoms with Crippen molar-refractivity contribution in [3.05, 3.63) is 33.9 Å². The molecule has 0 aliphatic heterocycles. The molecule has 1 aromatic carbocycles. The number of nitrogens with zero attached hydrogens (tertiary/aromatic N) is 1. The highest BCUT2D eigenvalue weighted by Crippen LogP contribution is 2.29. The van der Waals surface area contributed by atoms with Crippen LogP contribution in [0.2, 0.25) is 0 Å². The van der Waals surface area contributed by atoms with Crippen LogP contribution in [0.15, 0.2) is 18.2 Å². The molecule has 3 N–H and O–H groups in total. The molecule has 0 aromatic heterocycles. The monoisotopic (exact) mass is 263 g/mol. The van der Waals surface area contributed by atoms with Gasteiger partial charge in [-0.25, -0.2) is 0 Å². The molecule has 1 aliphatic rings. The van der Waals surface area contributed by atoms with Crippen LogP contribution in [0.5, 0.6) is 0 Å². The van der Waals surface area contributed by atoms with Crippen molar-refractivity contribution in [1.29, 1.82) is 0 Å². The zero-order chi connectivity index (χ0) is 14.0. The average Bonchev–Trinajstić information content (AvgIpc) is 2.75. The van der Waals surface area contributed by atoms with E-state index in [1.807, 2.05) is 6.92 Å². The Morgan fingerprint density at radius 1 is 1.42 bits per heavy atom. The maximum Gasteiger partial charge on any atom is 0.292 e. The third kappa shape index (κ3) is 2.83. The van der Waals surface area contributed by atoms with E-state index < -0.39 is 4.92 Å². The van der Waals surface area contributed by atoms with Gasteiger partial charge in [-0.1, -0.05) is 12.8 Å². The summed E-state index contributed by atoms with van der Waals surface area (Å²) in [5, 5.41) is 13.6. The highest BCUT2D eigenvalue weighted by atomic mass is 16.6. The summed E-state index contributed by atoms with van der Waals surface area (Å²) in [7, 11) is 0. The molecule has 1 saturated carbocycles. The van der Waals surface area contributed by atoms with E-state index in [-0.39, 0.29) is 22.8 Å². The fourth-order valence-corrected chi connectivity index (χ4v) is 2.49. The SMILES string of the molecule is CC1(NC(=O)c2ccc([N+](=O)[O-])c(N)c2)CCCC1. The van der Waals surface area contributed by atoms with Crippen LogP contribution in [0.25, 0.3) is 0 Å². The second-order valence-corrected chi connectivity index (χ2v) is 5.25. The Kier molecular flexibility index (Phi) is 3.42. The minimum Gasteiger partial charge on any atom is -0.393 e. The molecule has 0 saturated heterocycles. The number of hydrogen-bond donors (Lipinski definition) is 2. The summed E-state index contributed by atoms with van der Waals surface area (Å²) in [6, 6.07) is 4.05. The highest BCUT2D eigenvalue weighted by Gasteiger charge is 2.30. The summed E-state index contributed by atoms with van der Waals surface area (Å²) in [5.74, 6) is -0.231. The molecule has 6 heteroatoms. The molecule has 1 amide bonds. The number of nitro benzene ring substituents is 1. The number of nitrogens with one attached hydrogen (secondary N) is 1. The lowest BCUT2D eigenvalue weighted by Gasteiger charge is -2.25. The predicted molar refractivity (Wildman–Crippen MR) is 71.8 cm³/mol. The molecule has 0 bridgehead atoms. The van der Waals surface area contributed by atoms with Crippen LogP contribution in [0.4, 0.5) is 11.4 Å². The van der Waals surface area contributed by atoms with Crippen molar-refractivity contribution in [3.8, 4) is 0 Å². The number of carbonyl (C=O) groups is 1. The van der Waals surface area contributed by atoms with E-state index in [1.54, 1.807) is 0 Å². The first-order valence-corrected chi connectivity index (χ1v) is 6.28. The van der Waals surface area contributed by atoms with Gasteiger partial charge in [0.1, 0.15) is 5.69 Å². The molecular formula is C13H17N3O3. The van der Waals surface area contributed by atoms with Gasteiger partial charge >= 0.3 is 0 Å². The normalized spacial score (nSPS) is 17.1. The van der Waals surface area contributed by atoms with E-state index in [2.05, 4.69) is 5.32 Å². The van der Waals surface area contributed by atoms with Gasteiger partial charge in [0.2, 0.25) is 0 Å². The molecule has 0 atom stereocenters. The summed E-state index contributed by atoms with van der Waals surface area (Å²) in [5.41, 5.74) is 5.60. The number of nitro groups is 1. The van der Waals surface area contributed by atoms with E-state index >= 15 is 0 Å². The van der Waals surface area contributed by atoms with Crippen molar-refractivity contribution in [3.63, 3.8) is 0 Å². The molecular weight excluding hydrogens is 246 g/mol. The lowest BCUT2D eigenvalue weighted by Crippen LogP contribution is -2.43. The molecule has 6 nitrogen and oxygen atoms in total. The van der Waals surface area contributed by atoms with E-state index in [9.17, 15) is 14.9 Å². The second-order valence-electron chi connectivity index (χ2n) is 5.25. The quantitative estimate of drug-likeness (QED) is 0.496.